The summed E-state index contributed by atoms with van der Waals surface area (Å²) in [5.41, 5.74) is 4.08. The number of nitrogens with one attached hydrogen (secondary N) is 2. The van der Waals surface area contributed by atoms with Crippen LogP contribution in [0.25, 0.3) is 21.5 Å². The van der Waals surface area contributed by atoms with E-state index in [-0.39, 0.29) is 48.9 Å². The highest BCUT2D eigenvalue weighted by molar-refractivity contribution is 6.28. The number of amides is 4. The maximum absolute atomic E-state index is 13.5. The van der Waals surface area contributed by atoms with Crippen LogP contribution in [0.15, 0.2) is 60.7 Å². The standard InChI is InChI=1S/C42H48N6O6/c49-25-27-7-3-21-45(27)35-15-13-33-37-29(35)9-1-11-31(37)39(51)47(41(33)53)23-5-17-43-19-20-44-18-6-24-48-40(52)32-12-2-10-30-36(46-22-4-8-28(46)26-50)16-14-34(38(30)32)42(48)54/h1-2,9-16,27-28,43-44,49-50H,3-8,17-26H2/t27-,28-/m1/s1. The number of hydrogen-bond acceptors (Lipinski definition) is 10. The van der Waals surface area contributed by atoms with Gasteiger partial charge in [-0.3, -0.25) is 29.0 Å². The van der Waals surface area contributed by atoms with Gasteiger partial charge in [0.15, 0.2) is 0 Å². The lowest BCUT2D eigenvalue weighted by molar-refractivity contribution is 0.0593. The number of carbonyl (C=O) groups is 4. The van der Waals surface area contributed by atoms with E-state index >= 15 is 0 Å². The van der Waals surface area contributed by atoms with Crippen molar-refractivity contribution in [2.24, 2.45) is 0 Å². The Balaban J connectivity index is 0.788. The summed E-state index contributed by atoms with van der Waals surface area (Å²) in [7, 11) is 0. The molecule has 12 heteroatoms. The van der Waals surface area contributed by atoms with Gasteiger partial charge in [-0.2, -0.15) is 0 Å². The Kier molecular flexibility index (Phi) is 10.3. The molecule has 4 heterocycles. The van der Waals surface area contributed by atoms with Gasteiger partial charge in [0.1, 0.15) is 0 Å². The molecule has 4 aromatic carbocycles. The summed E-state index contributed by atoms with van der Waals surface area (Å²) in [4.78, 5) is 61.3. The summed E-state index contributed by atoms with van der Waals surface area (Å²) in [6.45, 7) is 5.08. The van der Waals surface area contributed by atoms with E-state index in [0.717, 1.165) is 60.9 Å². The smallest absolute Gasteiger partial charge is 0.261 e. The number of aliphatic hydroxyl groups is 2. The predicted octanol–water partition coefficient (Wildman–Crippen LogP) is 3.77. The second-order valence-electron chi connectivity index (χ2n) is 14.8. The predicted molar refractivity (Wildman–Crippen MR) is 209 cm³/mol. The third-order valence-corrected chi connectivity index (χ3v) is 11.7. The fourth-order valence-electron chi connectivity index (χ4n) is 9.01. The van der Waals surface area contributed by atoms with Crippen LogP contribution in [0, 0.1) is 0 Å². The molecule has 0 bridgehead atoms. The maximum atomic E-state index is 13.5. The Hall–Kier alpha value is -4.88. The van der Waals surface area contributed by atoms with E-state index in [0.29, 0.717) is 85.1 Å². The Morgan fingerprint density at radius 2 is 0.944 bits per heavy atom. The molecule has 0 aromatic heterocycles. The summed E-state index contributed by atoms with van der Waals surface area (Å²) in [5.74, 6) is -1.09. The number of imide groups is 2. The first-order valence-corrected chi connectivity index (χ1v) is 19.4. The molecule has 4 aliphatic rings. The third kappa shape index (κ3) is 6.30. The molecule has 0 unspecified atom stereocenters. The Labute approximate surface area is 314 Å². The van der Waals surface area contributed by atoms with Crippen LogP contribution in [0.4, 0.5) is 11.4 Å². The van der Waals surface area contributed by atoms with Crippen molar-refractivity contribution >= 4 is 56.5 Å². The zero-order chi connectivity index (χ0) is 37.3. The van der Waals surface area contributed by atoms with E-state index in [9.17, 15) is 29.4 Å². The molecule has 0 aliphatic carbocycles. The summed E-state index contributed by atoms with van der Waals surface area (Å²) in [6, 6.07) is 18.9. The van der Waals surface area contributed by atoms with Crippen molar-refractivity contribution in [2.45, 2.75) is 50.6 Å². The molecule has 4 N–H and O–H groups in total. The molecule has 54 heavy (non-hydrogen) atoms. The molecular weight excluding hydrogens is 684 g/mol. The van der Waals surface area contributed by atoms with Crippen LogP contribution < -0.4 is 20.4 Å². The molecule has 282 valence electrons. The van der Waals surface area contributed by atoms with Gasteiger partial charge in [0.25, 0.3) is 23.6 Å². The molecule has 0 radical (unpaired) electrons. The topological polar surface area (TPSA) is 146 Å². The molecule has 4 amide bonds. The van der Waals surface area contributed by atoms with Gasteiger partial charge in [-0.15, -0.1) is 0 Å². The van der Waals surface area contributed by atoms with Crippen LogP contribution in [0.5, 0.6) is 0 Å². The summed E-state index contributed by atoms with van der Waals surface area (Å²) >= 11 is 0. The van der Waals surface area contributed by atoms with Crippen molar-refractivity contribution in [3.8, 4) is 0 Å². The Morgan fingerprint density at radius 3 is 1.35 bits per heavy atom. The van der Waals surface area contributed by atoms with E-state index in [1.54, 1.807) is 12.1 Å². The average Bonchev–Trinajstić information content (AvgIpc) is 3.88. The van der Waals surface area contributed by atoms with Crippen LogP contribution in [-0.4, -0.2) is 121 Å². The first-order valence-electron chi connectivity index (χ1n) is 19.4. The minimum absolute atomic E-state index is 0.0409. The lowest BCUT2D eigenvalue weighted by atomic mass is 9.92. The van der Waals surface area contributed by atoms with Gasteiger partial charge in [-0.1, -0.05) is 24.3 Å². The van der Waals surface area contributed by atoms with Crippen LogP contribution in [0.2, 0.25) is 0 Å². The number of rotatable bonds is 15. The van der Waals surface area contributed by atoms with Crippen LogP contribution in [0.1, 0.15) is 80.0 Å². The number of anilines is 2. The van der Waals surface area contributed by atoms with Crippen molar-refractivity contribution in [1.82, 2.24) is 20.4 Å². The van der Waals surface area contributed by atoms with E-state index in [1.807, 2.05) is 48.5 Å². The summed E-state index contributed by atoms with van der Waals surface area (Å²) < 4.78 is 0. The normalized spacial score (nSPS) is 19.7. The lowest BCUT2D eigenvalue weighted by Crippen LogP contribution is -2.42. The minimum Gasteiger partial charge on any atom is -0.394 e. The van der Waals surface area contributed by atoms with E-state index < -0.39 is 0 Å². The molecule has 4 aromatic rings. The first kappa shape index (κ1) is 36.1. The molecule has 4 aliphatic heterocycles. The van der Waals surface area contributed by atoms with Crippen molar-refractivity contribution < 1.29 is 29.4 Å². The SMILES string of the molecule is O=C1c2cccc3c(N4CCC[C@@H]4CO)ccc(c23)C(=O)N1CCCNCCNCCCN1C(=O)c2cccc3c(N4CCC[C@@H]4CO)ccc(c23)C1=O. The Morgan fingerprint density at radius 1 is 0.537 bits per heavy atom. The summed E-state index contributed by atoms with van der Waals surface area (Å²) in [5, 5.41) is 29.7. The van der Waals surface area contributed by atoms with Crippen molar-refractivity contribution in [2.75, 3.05) is 75.4 Å². The monoisotopic (exact) mass is 732 g/mol. The second-order valence-corrected chi connectivity index (χ2v) is 14.8. The quantitative estimate of drug-likeness (QED) is 0.105. The largest absolute Gasteiger partial charge is 0.394 e. The van der Waals surface area contributed by atoms with E-state index in [4.69, 9.17) is 0 Å². The zero-order valence-corrected chi connectivity index (χ0v) is 30.6. The van der Waals surface area contributed by atoms with Gasteiger partial charge in [-0.25, -0.2) is 0 Å². The average molecular weight is 733 g/mol. The van der Waals surface area contributed by atoms with Crippen molar-refractivity contribution in [1.29, 1.82) is 0 Å². The maximum Gasteiger partial charge on any atom is 0.261 e. The fraction of sp³-hybridized carbons (Fsp3) is 0.429. The molecule has 0 saturated carbocycles. The number of hydrogen-bond donors (Lipinski definition) is 4. The summed E-state index contributed by atoms with van der Waals surface area (Å²) in [6.07, 6.45) is 5.05. The highest BCUT2D eigenvalue weighted by atomic mass is 16.3. The molecule has 2 atom stereocenters. The van der Waals surface area contributed by atoms with Crippen LogP contribution in [-0.2, 0) is 0 Å². The van der Waals surface area contributed by atoms with Gasteiger partial charge in [-0.05, 0) is 88.0 Å². The molecule has 2 saturated heterocycles. The van der Waals surface area contributed by atoms with Crippen molar-refractivity contribution in [3.63, 3.8) is 0 Å². The van der Waals surface area contributed by atoms with Gasteiger partial charge in [0.05, 0.1) is 25.3 Å². The van der Waals surface area contributed by atoms with Crippen LogP contribution >= 0.6 is 0 Å². The van der Waals surface area contributed by atoms with Gasteiger partial charge < -0.3 is 30.6 Å². The highest BCUT2D eigenvalue weighted by Gasteiger charge is 2.36. The molecule has 0 spiro atoms. The second kappa shape index (κ2) is 15.5. The molecule has 12 nitrogen and oxygen atoms in total. The zero-order valence-electron chi connectivity index (χ0n) is 30.6. The third-order valence-electron chi connectivity index (χ3n) is 11.7. The lowest BCUT2D eigenvalue weighted by Gasteiger charge is -2.31. The number of carbonyl (C=O) groups excluding carboxylic acids is 4. The molecule has 2 fully saturated rings. The number of nitrogens with zero attached hydrogens (tertiary/aromatic N) is 4. The minimum atomic E-state index is -0.272. The highest BCUT2D eigenvalue weighted by Crippen LogP contribution is 2.40. The molecule has 8 rings (SSSR count). The van der Waals surface area contributed by atoms with Gasteiger partial charge in [0, 0.05) is 94.4 Å². The van der Waals surface area contributed by atoms with Gasteiger partial charge >= 0.3 is 0 Å². The Bertz CT molecular complexity index is 1930. The number of benzene rings is 4. The number of aliphatic hydroxyl groups excluding tert-OH is 2. The molecular formula is C42H48N6O6. The van der Waals surface area contributed by atoms with Crippen molar-refractivity contribution in [3.05, 3.63) is 82.9 Å². The fourth-order valence-corrected chi connectivity index (χ4v) is 9.01. The van der Waals surface area contributed by atoms with E-state index in [1.165, 1.54) is 9.80 Å². The first-order chi connectivity index (χ1) is 26.4. The van der Waals surface area contributed by atoms with Gasteiger partial charge in [0.2, 0.25) is 0 Å². The van der Waals surface area contributed by atoms with E-state index in [2.05, 4.69) is 20.4 Å². The van der Waals surface area contributed by atoms with Crippen LogP contribution in [0.3, 0.4) is 0 Å².